The summed E-state index contributed by atoms with van der Waals surface area (Å²) in [6.45, 7) is 0. The molecule has 1 N–H and O–H groups in total. The number of hydrogen-bond donors (Lipinski definition) is 1. The molecule has 0 aromatic heterocycles. The Bertz CT molecular complexity index is 511. The molecule has 1 aromatic carbocycles. The van der Waals surface area contributed by atoms with E-state index in [2.05, 4.69) is 19.5 Å². The molecule has 0 unspecified atom stereocenters. The van der Waals surface area contributed by atoms with Crippen molar-refractivity contribution in [3.05, 3.63) is 29.3 Å². The van der Waals surface area contributed by atoms with Crippen LogP contribution in [0, 0.1) is 0 Å². The molecule has 1 rings (SSSR count). The van der Waals surface area contributed by atoms with Crippen LogP contribution in [0.15, 0.2) is 18.2 Å². The molecule has 0 heterocycles. The lowest BCUT2D eigenvalue weighted by Gasteiger charge is -2.12. The van der Waals surface area contributed by atoms with Crippen LogP contribution < -0.4 is 5.32 Å². The van der Waals surface area contributed by atoms with Gasteiger partial charge in [-0.2, -0.15) is 0 Å². The molecule has 7 heteroatoms. The SMILES string of the molecule is COC(=O)Nc1cccc(C(=O)OC)c1C(=O)OC. The minimum Gasteiger partial charge on any atom is -0.465 e. The second kappa shape index (κ2) is 6.39. The molecular weight excluding hydrogens is 254 g/mol. The first-order chi connectivity index (χ1) is 9.04. The summed E-state index contributed by atoms with van der Waals surface area (Å²) >= 11 is 0. The van der Waals surface area contributed by atoms with Gasteiger partial charge in [0.1, 0.15) is 0 Å². The zero-order valence-corrected chi connectivity index (χ0v) is 10.7. The summed E-state index contributed by atoms with van der Waals surface area (Å²) in [5, 5.41) is 2.33. The Morgan fingerprint density at radius 3 is 2.11 bits per heavy atom. The van der Waals surface area contributed by atoms with Crippen LogP contribution in [0.3, 0.4) is 0 Å². The Morgan fingerprint density at radius 2 is 1.58 bits per heavy atom. The fourth-order valence-corrected chi connectivity index (χ4v) is 1.42. The number of anilines is 1. The molecule has 0 spiro atoms. The van der Waals surface area contributed by atoms with Crippen molar-refractivity contribution in [1.29, 1.82) is 0 Å². The van der Waals surface area contributed by atoms with Gasteiger partial charge >= 0.3 is 18.0 Å². The maximum atomic E-state index is 11.7. The van der Waals surface area contributed by atoms with Crippen LogP contribution >= 0.6 is 0 Å². The number of esters is 2. The van der Waals surface area contributed by atoms with Gasteiger partial charge in [-0.05, 0) is 12.1 Å². The zero-order chi connectivity index (χ0) is 14.4. The lowest BCUT2D eigenvalue weighted by Crippen LogP contribution is -2.18. The Hall–Kier alpha value is -2.57. The number of benzene rings is 1. The molecular formula is C12H13NO6. The van der Waals surface area contributed by atoms with Crippen molar-refractivity contribution >= 4 is 23.7 Å². The van der Waals surface area contributed by atoms with E-state index in [0.29, 0.717) is 0 Å². The van der Waals surface area contributed by atoms with E-state index in [0.717, 1.165) is 7.11 Å². The van der Waals surface area contributed by atoms with Crippen LogP contribution in [0.5, 0.6) is 0 Å². The van der Waals surface area contributed by atoms with Gasteiger partial charge in [0.15, 0.2) is 0 Å². The summed E-state index contributed by atoms with van der Waals surface area (Å²) in [5.74, 6) is -1.48. The average molecular weight is 267 g/mol. The molecule has 102 valence electrons. The highest BCUT2D eigenvalue weighted by Gasteiger charge is 2.23. The number of carbonyl (C=O) groups excluding carboxylic acids is 3. The molecule has 0 aliphatic rings. The molecule has 0 saturated heterocycles. The van der Waals surface area contributed by atoms with Crippen molar-refractivity contribution in [2.75, 3.05) is 26.6 Å². The van der Waals surface area contributed by atoms with Crippen molar-refractivity contribution in [1.82, 2.24) is 0 Å². The number of nitrogens with one attached hydrogen (secondary N) is 1. The Labute approximate surface area is 109 Å². The maximum absolute atomic E-state index is 11.7. The largest absolute Gasteiger partial charge is 0.465 e. The van der Waals surface area contributed by atoms with E-state index in [1.54, 1.807) is 0 Å². The van der Waals surface area contributed by atoms with E-state index in [1.807, 2.05) is 0 Å². The van der Waals surface area contributed by atoms with Gasteiger partial charge in [-0.25, -0.2) is 14.4 Å². The molecule has 0 atom stereocenters. The van der Waals surface area contributed by atoms with Gasteiger partial charge in [-0.1, -0.05) is 6.07 Å². The van der Waals surface area contributed by atoms with E-state index in [4.69, 9.17) is 0 Å². The second-order valence-electron chi connectivity index (χ2n) is 3.33. The standard InChI is InChI=1S/C12H13NO6/c1-17-10(14)7-5-4-6-8(13-12(16)19-3)9(7)11(15)18-2/h4-6H,1-3H3,(H,13,16). The minimum absolute atomic E-state index is 0.0109. The summed E-state index contributed by atoms with van der Waals surface area (Å²) in [5.41, 5.74) is -0.00731. The Kier molecular flexibility index (Phi) is 4.87. The zero-order valence-electron chi connectivity index (χ0n) is 10.7. The molecule has 19 heavy (non-hydrogen) atoms. The third-order valence-corrected chi connectivity index (χ3v) is 2.28. The molecule has 0 bridgehead atoms. The quantitative estimate of drug-likeness (QED) is 0.658. The normalized spacial score (nSPS) is 9.42. The third kappa shape index (κ3) is 3.21. The fraction of sp³-hybridized carbons (Fsp3) is 0.250. The third-order valence-electron chi connectivity index (χ3n) is 2.28. The molecule has 0 aliphatic carbocycles. The van der Waals surface area contributed by atoms with Gasteiger partial charge < -0.3 is 14.2 Å². The first kappa shape index (κ1) is 14.5. The number of rotatable bonds is 3. The van der Waals surface area contributed by atoms with Gasteiger partial charge in [0, 0.05) is 0 Å². The van der Waals surface area contributed by atoms with Crippen LogP contribution in [0.4, 0.5) is 10.5 Å². The number of ether oxygens (including phenoxy) is 3. The topological polar surface area (TPSA) is 90.9 Å². The summed E-state index contributed by atoms with van der Waals surface area (Å²) < 4.78 is 13.6. The monoisotopic (exact) mass is 267 g/mol. The smallest absolute Gasteiger partial charge is 0.411 e. The van der Waals surface area contributed by atoms with Crippen LogP contribution in [0.1, 0.15) is 20.7 Å². The van der Waals surface area contributed by atoms with Crippen LogP contribution in [-0.2, 0) is 14.2 Å². The minimum atomic E-state index is -0.771. The first-order valence-corrected chi connectivity index (χ1v) is 5.19. The second-order valence-corrected chi connectivity index (χ2v) is 3.33. The molecule has 0 fully saturated rings. The van der Waals surface area contributed by atoms with Crippen molar-refractivity contribution in [3.8, 4) is 0 Å². The van der Waals surface area contributed by atoms with Crippen LogP contribution in [0.2, 0.25) is 0 Å². The maximum Gasteiger partial charge on any atom is 0.411 e. The lowest BCUT2D eigenvalue weighted by molar-refractivity contribution is 0.0556. The summed E-state index contributed by atoms with van der Waals surface area (Å²) in [4.78, 5) is 34.5. The molecule has 0 saturated carbocycles. The van der Waals surface area contributed by atoms with E-state index in [1.165, 1.54) is 32.4 Å². The fourth-order valence-electron chi connectivity index (χ4n) is 1.42. The molecule has 1 amide bonds. The highest BCUT2D eigenvalue weighted by Crippen LogP contribution is 2.22. The van der Waals surface area contributed by atoms with Gasteiger partial charge in [0.05, 0.1) is 38.1 Å². The number of amides is 1. The van der Waals surface area contributed by atoms with E-state index >= 15 is 0 Å². The number of methoxy groups -OCH3 is 3. The summed E-state index contributed by atoms with van der Waals surface area (Å²) in [6.07, 6.45) is -0.771. The summed E-state index contributed by atoms with van der Waals surface area (Å²) in [6, 6.07) is 4.32. The Balaban J connectivity index is 3.34. The van der Waals surface area contributed by atoms with Crippen molar-refractivity contribution < 1.29 is 28.6 Å². The van der Waals surface area contributed by atoms with E-state index in [9.17, 15) is 14.4 Å². The molecule has 0 aliphatic heterocycles. The first-order valence-electron chi connectivity index (χ1n) is 5.19. The van der Waals surface area contributed by atoms with E-state index in [-0.39, 0.29) is 16.8 Å². The lowest BCUT2D eigenvalue weighted by atomic mass is 10.1. The summed E-state index contributed by atoms with van der Waals surface area (Å²) in [7, 11) is 3.53. The molecule has 1 aromatic rings. The molecule has 7 nitrogen and oxygen atoms in total. The van der Waals surface area contributed by atoms with Crippen LogP contribution in [0.25, 0.3) is 0 Å². The van der Waals surface area contributed by atoms with Crippen LogP contribution in [-0.4, -0.2) is 39.4 Å². The van der Waals surface area contributed by atoms with Gasteiger partial charge in [-0.15, -0.1) is 0 Å². The van der Waals surface area contributed by atoms with Gasteiger partial charge in [0.2, 0.25) is 0 Å². The average Bonchev–Trinajstić information content (AvgIpc) is 2.45. The predicted molar refractivity (Wildman–Crippen MR) is 65.1 cm³/mol. The van der Waals surface area contributed by atoms with Crippen molar-refractivity contribution in [2.24, 2.45) is 0 Å². The molecule has 0 radical (unpaired) electrons. The highest BCUT2D eigenvalue weighted by atomic mass is 16.5. The highest BCUT2D eigenvalue weighted by molar-refractivity contribution is 6.08. The van der Waals surface area contributed by atoms with Gasteiger partial charge in [0.25, 0.3) is 0 Å². The predicted octanol–water partition coefficient (Wildman–Crippen LogP) is 1.44. The van der Waals surface area contributed by atoms with Gasteiger partial charge in [-0.3, -0.25) is 5.32 Å². The Morgan fingerprint density at radius 1 is 0.947 bits per heavy atom. The number of carbonyl (C=O) groups is 3. The van der Waals surface area contributed by atoms with Crippen molar-refractivity contribution in [3.63, 3.8) is 0 Å². The number of hydrogen-bond acceptors (Lipinski definition) is 6. The van der Waals surface area contributed by atoms with Crippen molar-refractivity contribution in [2.45, 2.75) is 0 Å². The van der Waals surface area contributed by atoms with E-state index < -0.39 is 18.0 Å².